The first-order valence-corrected chi connectivity index (χ1v) is 6.24. The van der Waals surface area contributed by atoms with Crippen molar-refractivity contribution in [2.45, 2.75) is 11.8 Å². The number of anilines is 1. The van der Waals surface area contributed by atoms with Crippen LogP contribution in [0.2, 0.25) is 0 Å². The largest absolute Gasteiger partial charge is 0.399 e. The van der Waals surface area contributed by atoms with Gasteiger partial charge in [0.05, 0.1) is 16.9 Å². The summed E-state index contributed by atoms with van der Waals surface area (Å²) in [6, 6.07) is 6.79. The van der Waals surface area contributed by atoms with Crippen LogP contribution in [0.3, 0.4) is 0 Å². The minimum atomic E-state index is -1.41. The van der Waals surface area contributed by atoms with Crippen LogP contribution in [-0.2, 0) is 15.6 Å². The second kappa shape index (κ2) is 6.01. The molecule has 0 saturated heterocycles. The Morgan fingerprint density at radius 3 is 2.88 bits per heavy atom. The van der Waals surface area contributed by atoms with Crippen LogP contribution in [0.4, 0.5) is 5.69 Å². The lowest BCUT2D eigenvalue weighted by Crippen LogP contribution is -2.28. The SMILES string of the molecule is Cc1cc(N)ccc1S(=O)CC(=O)NCC#N. The molecule has 90 valence electrons. The highest BCUT2D eigenvalue weighted by Crippen LogP contribution is 2.16. The molecule has 0 aromatic heterocycles. The van der Waals surface area contributed by atoms with Crippen molar-refractivity contribution in [1.29, 1.82) is 5.26 Å². The topological polar surface area (TPSA) is 96.0 Å². The standard InChI is InChI=1S/C11H13N3O2S/c1-8-6-9(13)2-3-10(8)17(16)7-11(15)14-5-4-12/h2-3,6H,5,7,13H2,1H3,(H,14,15). The average molecular weight is 251 g/mol. The zero-order chi connectivity index (χ0) is 12.8. The van der Waals surface area contributed by atoms with E-state index in [1.165, 1.54) is 0 Å². The van der Waals surface area contributed by atoms with Gasteiger partial charge < -0.3 is 11.1 Å². The molecule has 0 aliphatic rings. The molecule has 0 radical (unpaired) electrons. The molecule has 1 rings (SSSR count). The zero-order valence-corrected chi connectivity index (χ0v) is 10.2. The number of amides is 1. The van der Waals surface area contributed by atoms with Gasteiger partial charge in [-0.2, -0.15) is 5.26 Å². The molecule has 1 aromatic carbocycles. The highest BCUT2D eigenvalue weighted by molar-refractivity contribution is 7.85. The fraction of sp³-hybridized carbons (Fsp3) is 0.273. The number of nitrogens with two attached hydrogens (primary N) is 1. The molecule has 1 aromatic rings. The molecule has 6 heteroatoms. The first kappa shape index (κ1) is 13.2. The third kappa shape index (κ3) is 3.89. The van der Waals surface area contributed by atoms with Crippen molar-refractivity contribution in [3.63, 3.8) is 0 Å². The number of hydrogen-bond acceptors (Lipinski definition) is 4. The Bertz CT molecular complexity index is 494. The summed E-state index contributed by atoms with van der Waals surface area (Å²) < 4.78 is 11.9. The van der Waals surface area contributed by atoms with Crippen LogP contribution in [-0.4, -0.2) is 22.4 Å². The van der Waals surface area contributed by atoms with Gasteiger partial charge in [0.25, 0.3) is 0 Å². The van der Waals surface area contributed by atoms with E-state index in [0.29, 0.717) is 10.6 Å². The maximum Gasteiger partial charge on any atom is 0.233 e. The van der Waals surface area contributed by atoms with Gasteiger partial charge in [-0.3, -0.25) is 9.00 Å². The smallest absolute Gasteiger partial charge is 0.233 e. The minimum Gasteiger partial charge on any atom is -0.399 e. The van der Waals surface area contributed by atoms with E-state index in [-0.39, 0.29) is 12.3 Å². The lowest BCUT2D eigenvalue weighted by molar-refractivity contribution is -0.118. The summed E-state index contributed by atoms with van der Waals surface area (Å²) in [6.45, 7) is 1.72. The normalized spacial score (nSPS) is 11.5. The molecule has 3 N–H and O–H groups in total. The number of benzene rings is 1. The van der Waals surface area contributed by atoms with Crippen LogP contribution in [0, 0.1) is 18.3 Å². The zero-order valence-electron chi connectivity index (χ0n) is 9.40. The van der Waals surface area contributed by atoms with E-state index in [4.69, 9.17) is 11.0 Å². The summed E-state index contributed by atoms with van der Waals surface area (Å²) in [6.07, 6.45) is 0. The van der Waals surface area contributed by atoms with E-state index in [1.807, 2.05) is 0 Å². The summed E-state index contributed by atoms with van der Waals surface area (Å²) in [4.78, 5) is 11.9. The van der Waals surface area contributed by atoms with Gasteiger partial charge in [0.2, 0.25) is 5.91 Å². The van der Waals surface area contributed by atoms with E-state index in [0.717, 1.165) is 5.56 Å². The number of nitrogens with one attached hydrogen (secondary N) is 1. The van der Waals surface area contributed by atoms with Crippen molar-refractivity contribution in [3.8, 4) is 6.07 Å². The predicted octanol–water partition coefficient (Wildman–Crippen LogP) is 0.325. The van der Waals surface area contributed by atoms with E-state index < -0.39 is 16.7 Å². The molecule has 0 aliphatic carbocycles. The van der Waals surface area contributed by atoms with Crippen molar-refractivity contribution in [3.05, 3.63) is 23.8 Å². The van der Waals surface area contributed by atoms with Gasteiger partial charge in [0.1, 0.15) is 12.3 Å². The van der Waals surface area contributed by atoms with E-state index in [2.05, 4.69) is 5.32 Å². The van der Waals surface area contributed by atoms with Gasteiger partial charge >= 0.3 is 0 Å². The van der Waals surface area contributed by atoms with Crippen molar-refractivity contribution in [1.82, 2.24) is 5.32 Å². The van der Waals surface area contributed by atoms with Crippen molar-refractivity contribution < 1.29 is 9.00 Å². The number of rotatable bonds is 4. The molecule has 0 saturated carbocycles. The average Bonchev–Trinajstić information content (AvgIpc) is 2.26. The van der Waals surface area contributed by atoms with Gasteiger partial charge in [0.15, 0.2) is 0 Å². The predicted molar refractivity (Wildman–Crippen MR) is 65.5 cm³/mol. The van der Waals surface area contributed by atoms with Crippen LogP contribution < -0.4 is 11.1 Å². The second-order valence-electron chi connectivity index (χ2n) is 3.45. The third-order valence-electron chi connectivity index (χ3n) is 2.07. The number of aryl methyl sites for hydroxylation is 1. The summed E-state index contributed by atoms with van der Waals surface area (Å²) in [5, 5.41) is 10.6. The van der Waals surface area contributed by atoms with Gasteiger partial charge in [-0.1, -0.05) is 0 Å². The second-order valence-corrected chi connectivity index (χ2v) is 4.87. The molecule has 0 spiro atoms. The number of nitriles is 1. The summed E-state index contributed by atoms with van der Waals surface area (Å²) in [5.74, 6) is -0.548. The maximum atomic E-state index is 11.9. The van der Waals surface area contributed by atoms with Crippen LogP contribution in [0.5, 0.6) is 0 Å². The Labute approximate surface area is 102 Å². The lowest BCUT2D eigenvalue weighted by Gasteiger charge is -2.06. The molecule has 5 nitrogen and oxygen atoms in total. The van der Waals surface area contributed by atoms with Gasteiger partial charge in [0, 0.05) is 10.6 Å². The first-order chi connectivity index (χ1) is 8.04. The first-order valence-electron chi connectivity index (χ1n) is 4.92. The maximum absolute atomic E-state index is 11.9. The molecule has 1 atom stereocenters. The molecule has 0 bridgehead atoms. The Morgan fingerprint density at radius 2 is 2.29 bits per heavy atom. The van der Waals surface area contributed by atoms with Crippen LogP contribution >= 0.6 is 0 Å². The molecular formula is C11H13N3O2S. The molecule has 0 aliphatic heterocycles. The van der Waals surface area contributed by atoms with Gasteiger partial charge in [-0.25, -0.2) is 0 Å². The van der Waals surface area contributed by atoms with E-state index >= 15 is 0 Å². The number of carbonyl (C=O) groups is 1. The Kier molecular flexibility index (Phi) is 4.67. The van der Waals surface area contributed by atoms with Crippen LogP contribution in [0.15, 0.2) is 23.1 Å². The van der Waals surface area contributed by atoms with Crippen LogP contribution in [0.1, 0.15) is 5.56 Å². The van der Waals surface area contributed by atoms with E-state index in [9.17, 15) is 9.00 Å². The lowest BCUT2D eigenvalue weighted by atomic mass is 10.2. The number of nitrogen functional groups attached to an aromatic ring is 1. The van der Waals surface area contributed by atoms with E-state index in [1.54, 1.807) is 31.2 Å². The number of nitrogens with zero attached hydrogens (tertiary/aromatic N) is 1. The molecule has 1 amide bonds. The highest BCUT2D eigenvalue weighted by Gasteiger charge is 2.11. The highest BCUT2D eigenvalue weighted by atomic mass is 32.2. The molecular weight excluding hydrogens is 238 g/mol. The molecule has 1 unspecified atom stereocenters. The van der Waals surface area contributed by atoms with Crippen molar-refractivity contribution in [2.75, 3.05) is 18.0 Å². The fourth-order valence-electron chi connectivity index (χ4n) is 1.31. The molecule has 0 heterocycles. The Morgan fingerprint density at radius 1 is 1.59 bits per heavy atom. The Hall–Kier alpha value is -1.87. The number of hydrogen-bond donors (Lipinski definition) is 2. The molecule has 17 heavy (non-hydrogen) atoms. The van der Waals surface area contributed by atoms with Gasteiger partial charge in [-0.05, 0) is 30.7 Å². The van der Waals surface area contributed by atoms with Crippen LogP contribution in [0.25, 0.3) is 0 Å². The Balaban J connectivity index is 2.71. The molecule has 0 fully saturated rings. The fourth-order valence-corrected chi connectivity index (χ4v) is 2.45. The summed E-state index contributed by atoms with van der Waals surface area (Å²) in [7, 11) is -1.41. The summed E-state index contributed by atoms with van der Waals surface area (Å²) >= 11 is 0. The third-order valence-corrected chi connectivity index (χ3v) is 3.54. The minimum absolute atomic E-state index is 0.0727. The number of carbonyl (C=O) groups excluding carboxylic acids is 1. The quantitative estimate of drug-likeness (QED) is 0.595. The van der Waals surface area contributed by atoms with Crippen molar-refractivity contribution >= 4 is 22.4 Å². The van der Waals surface area contributed by atoms with Crippen molar-refractivity contribution in [2.24, 2.45) is 0 Å². The summed E-state index contributed by atoms with van der Waals surface area (Å²) in [5.41, 5.74) is 6.96. The monoisotopic (exact) mass is 251 g/mol. The van der Waals surface area contributed by atoms with Gasteiger partial charge in [-0.15, -0.1) is 0 Å².